The quantitative estimate of drug-likeness (QED) is 0.366. The third-order valence-corrected chi connectivity index (χ3v) is 4.31. The van der Waals surface area contributed by atoms with Gasteiger partial charge in [0.15, 0.2) is 5.96 Å². The van der Waals surface area contributed by atoms with Gasteiger partial charge in [-0.2, -0.15) is 0 Å². The zero-order chi connectivity index (χ0) is 16.7. The fraction of sp³-hybridized carbons (Fsp3) is 0.611. The molecule has 1 aromatic rings. The van der Waals surface area contributed by atoms with Gasteiger partial charge in [-0.3, -0.25) is 4.99 Å². The Morgan fingerprint density at radius 3 is 2.79 bits per heavy atom. The van der Waals surface area contributed by atoms with Crippen molar-refractivity contribution in [1.82, 2.24) is 10.6 Å². The van der Waals surface area contributed by atoms with E-state index in [2.05, 4.69) is 22.5 Å². The van der Waals surface area contributed by atoms with Crippen molar-refractivity contribution in [2.45, 2.75) is 51.7 Å². The molecule has 6 heteroatoms. The molecule has 1 fully saturated rings. The maximum absolute atomic E-state index is 13.7. The molecule has 0 aromatic heterocycles. The third-order valence-electron chi connectivity index (χ3n) is 4.31. The van der Waals surface area contributed by atoms with Gasteiger partial charge in [0.25, 0.3) is 0 Å². The second-order valence-electron chi connectivity index (χ2n) is 6.37. The first-order valence-electron chi connectivity index (χ1n) is 8.57. The summed E-state index contributed by atoms with van der Waals surface area (Å²) in [5.41, 5.74) is 0.290. The normalized spacial score (nSPS) is 22.4. The summed E-state index contributed by atoms with van der Waals surface area (Å²) in [4.78, 5) is 4.43. The Bertz CT molecular complexity index is 527. The van der Waals surface area contributed by atoms with E-state index in [1.807, 2.05) is 6.92 Å². The van der Waals surface area contributed by atoms with E-state index in [-0.39, 0.29) is 30.5 Å². The zero-order valence-electron chi connectivity index (χ0n) is 14.5. The summed E-state index contributed by atoms with van der Waals surface area (Å²) in [7, 11) is 0. The van der Waals surface area contributed by atoms with Crippen LogP contribution in [0, 0.1) is 11.7 Å². The van der Waals surface area contributed by atoms with Crippen molar-refractivity contribution in [3.05, 3.63) is 35.6 Å². The molecule has 0 heterocycles. The minimum Gasteiger partial charge on any atom is -0.386 e. The van der Waals surface area contributed by atoms with Crippen molar-refractivity contribution in [2.75, 3.05) is 13.1 Å². The van der Waals surface area contributed by atoms with Gasteiger partial charge >= 0.3 is 0 Å². The second kappa shape index (κ2) is 10.9. The Morgan fingerprint density at radius 1 is 1.38 bits per heavy atom. The molecule has 3 unspecified atom stereocenters. The Hall–Kier alpha value is -0.890. The minimum atomic E-state index is -0.933. The van der Waals surface area contributed by atoms with Gasteiger partial charge in [-0.1, -0.05) is 38.0 Å². The number of aliphatic hydroxyl groups is 1. The number of hydrogen-bond acceptors (Lipinski definition) is 2. The van der Waals surface area contributed by atoms with Crippen molar-refractivity contribution in [3.8, 4) is 0 Å². The minimum absolute atomic E-state index is 0. The zero-order valence-corrected chi connectivity index (χ0v) is 16.8. The lowest BCUT2D eigenvalue weighted by atomic mass is 9.87. The maximum Gasteiger partial charge on any atom is 0.191 e. The van der Waals surface area contributed by atoms with Crippen LogP contribution in [-0.4, -0.2) is 30.2 Å². The van der Waals surface area contributed by atoms with Crippen LogP contribution >= 0.6 is 24.0 Å². The lowest BCUT2D eigenvalue weighted by molar-refractivity contribution is 0.182. The Balaban J connectivity index is 0.00000288. The second-order valence-corrected chi connectivity index (χ2v) is 6.37. The number of hydrogen-bond donors (Lipinski definition) is 3. The van der Waals surface area contributed by atoms with Gasteiger partial charge in [0, 0.05) is 18.2 Å². The third kappa shape index (κ3) is 6.55. The van der Waals surface area contributed by atoms with Crippen LogP contribution in [0.1, 0.15) is 51.2 Å². The topological polar surface area (TPSA) is 56.7 Å². The number of aliphatic hydroxyl groups excluding tert-OH is 1. The van der Waals surface area contributed by atoms with Gasteiger partial charge in [-0.15, -0.1) is 24.0 Å². The van der Waals surface area contributed by atoms with Gasteiger partial charge in [-0.05, 0) is 31.7 Å². The number of benzene rings is 1. The monoisotopic (exact) mass is 449 g/mol. The van der Waals surface area contributed by atoms with E-state index in [0.717, 1.165) is 25.3 Å². The largest absolute Gasteiger partial charge is 0.386 e. The predicted octanol–water partition coefficient (Wildman–Crippen LogP) is 3.61. The summed E-state index contributed by atoms with van der Waals surface area (Å²) in [5.74, 6) is 1.03. The van der Waals surface area contributed by atoms with Crippen LogP contribution in [0.3, 0.4) is 0 Å². The molecular formula is C18H29FIN3O. The molecule has 136 valence electrons. The highest BCUT2D eigenvalue weighted by Gasteiger charge is 2.20. The molecule has 0 saturated heterocycles. The van der Waals surface area contributed by atoms with E-state index in [0.29, 0.717) is 17.6 Å². The number of aliphatic imine (C=N–C) groups is 1. The molecule has 3 atom stereocenters. The molecular weight excluding hydrogens is 420 g/mol. The van der Waals surface area contributed by atoms with Gasteiger partial charge < -0.3 is 15.7 Å². The van der Waals surface area contributed by atoms with E-state index >= 15 is 0 Å². The summed E-state index contributed by atoms with van der Waals surface area (Å²) in [5, 5.41) is 16.8. The lowest BCUT2D eigenvalue weighted by Crippen LogP contribution is -2.45. The summed E-state index contributed by atoms with van der Waals surface area (Å²) in [6.45, 7) is 5.18. The molecule has 1 aliphatic carbocycles. The molecule has 0 bridgehead atoms. The smallest absolute Gasteiger partial charge is 0.191 e. The summed E-state index contributed by atoms with van der Waals surface area (Å²) in [6, 6.07) is 6.71. The first-order chi connectivity index (χ1) is 11.1. The van der Waals surface area contributed by atoms with Crippen molar-refractivity contribution in [2.24, 2.45) is 10.9 Å². The van der Waals surface area contributed by atoms with Crippen LogP contribution < -0.4 is 10.6 Å². The number of guanidine groups is 1. The Kier molecular flexibility index (Phi) is 9.58. The van der Waals surface area contributed by atoms with Crippen LogP contribution in [0.2, 0.25) is 0 Å². The predicted molar refractivity (Wildman–Crippen MR) is 107 cm³/mol. The summed E-state index contributed by atoms with van der Waals surface area (Å²) in [6.07, 6.45) is 3.87. The van der Waals surface area contributed by atoms with Crippen molar-refractivity contribution < 1.29 is 9.50 Å². The van der Waals surface area contributed by atoms with E-state index in [1.165, 1.54) is 18.9 Å². The SMILES string of the molecule is CCNC(=NCC(O)c1ccccc1F)NC1CCCC(C)C1.I. The van der Waals surface area contributed by atoms with Gasteiger partial charge in [0.2, 0.25) is 0 Å². The highest BCUT2D eigenvalue weighted by molar-refractivity contribution is 14.0. The van der Waals surface area contributed by atoms with Gasteiger partial charge in [-0.25, -0.2) is 4.39 Å². The van der Waals surface area contributed by atoms with Crippen LogP contribution in [0.15, 0.2) is 29.3 Å². The van der Waals surface area contributed by atoms with E-state index in [9.17, 15) is 9.50 Å². The molecule has 0 amide bonds. The summed E-state index contributed by atoms with van der Waals surface area (Å²) < 4.78 is 13.7. The first-order valence-corrected chi connectivity index (χ1v) is 8.57. The molecule has 24 heavy (non-hydrogen) atoms. The molecule has 1 saturated carbocycles. The van der Waals surface area contributed by atoms with Gasteiger partial charge in [0.05, 0.1) is 6.54 Å². The molecule has 0 radical (unpaired) electrons. The highest BCUT2D eigenvalue weighted by Crippen LogP contribution is 2.23. The average Bonchev–Trinajstić information content (AvgIpc) is 2.53. The number of halogens is 2. The first kappa shape index (κ1) is 21.2. The maximum atomic E-state index is 13.7. The molecule has 3 N–H and O–H groups in total. The molecule has 1 aromatic carbocycles. The van der Waals surface area contributed by atoms with E-state index < -0.39 is 11.9 Å². The molecule has 1 aliphatic rings. The van der Waals surface area contributed by atoms with Crippen LogP contribution in [0.4, 0.5) is 4.39 Å². The fourth-order valence-electron chi connectivity index (χ4n) is 3.10. The average molecular weight is 449 g/mol. The molecule has 0 aliphatic heterocycles. The van der Waals surface area contributed by atoms with E-state index in [4.69, 9.17) is 0 Å². The van der Waals surface area contributed by atoms with Crippen molar-refractivity contribution >= 4 is 29.9 Å². The van der Waals surface area contributed by atoms with Crippen LogP contribution in [0.5, 0.6) is 0 Å². The number of nitrogens with one attached hydrogen (secondary N) is 2. The van der Waals surface area contributed by atoms with Gasteiger partial charge in [0.1, 0.15) is 11.9 Å². The molecule has 4 nitrogen and oxygen atoms in total. The summed E-state index contributed by atoms with van der Waals surface area (Å²) >= 11 is 0. The van der Waals surface area contributed by atoms with E-state index in [1.54, 1.807) is 18.2 Å². The number of nitrogens with zero attached hydrogens (tertiary/aromatic N) is 1. The molecule has 0 spiro atoms. The fourth-order valence-corrected chi connectivity index (χ4v) is 3.10. The highest BCUT2D eigenvalue weighted by atomic mass is 127. The Labute approximate surface area is 161 Å². The van der Waals surface area contributed by atoms with Crippen LogP contribution in [0.25, 0.3) is 0 Å². The Morgan fingerprint density at radius 2 is 2.12 bits per heavy atom. The van der Waals surface area contributed by atoms with Crippen molar-refractivity contribution in [3.63, 3.8) is 0 Å². The van der Waals surface area contributed by atoms with Crippen molar-refractivity contribution in [1.29, 1.82) is 0 Å². The number of rotatable bonds is 5. The molecule has 2 rings (SSSR count). The lowest BCUT2D eigenvalue weighted by Gasteiger charge is -2.29. The van der Waals surface area contributed by atoms with Crippen LogP contribution in [-0.2, 0) is 0 Å². The standard InChI is InChI=1S/C18H28FN3O.HI/c1-3-20-18(22-14-8-6-7-13(2)11-14)21-12-17(23)15-9-4-5-10-16(15)19;/h4-5,9-10,13-14,17,23H,3,6-8,11-12H2,1-2H3,(H2,20,21,22);1H.